The maximum Gasteiger partial charge on any atom is 0.336 e. The average Bonchev–Trinajstić information content (AvgIpc) is 3.03. The number of carbonyl (C=O) groups is 1. The molecular formula is C19H13F2N5O. The van der Waals surface area contributed by atoms with Gasteiger partial charge in [0.05, 0.1) is 11.9 Å². The molecule has 3 heterocycles. The zero-order chi connectivity index (χ0) is 19.0. The van der Waals surface area contributed by atoms with Crippen molar-refractivity contribution in [2.75, 3.05) is 16.3 Å². The highest BCUT2D eigenvalue weighted by molar-refractivity contribution is 6.11. The van der Waals surface area contributed by atoms with E-state index in [0.717, 1.165) is 17.0 Å². The molecule has 0 spiro atoms. The van der Waals surface area contributed by atoms with Crippen LogP contribution in [0.15, 0.2) is 55.0 Å². The molecule has 0 saturated carbocycles. The lowest BCUT2D eigenvalue weighted by Crippen LogP contribution is -2.34. The van der Waals surface area contributed by atoms with Crippen LogP contribution in [-0.2, 0) is 0 Å². The topological polar surface area (TPSA) is 53.7 Å². The molecule has 0 N–H and O–H groups in total. The number of nitrogens with zero attached hydrogens (tertiary/aromatic N) is 5. The number of hydrogen-bond donors (Lipinski definition) is 0. The predicted molar refractivity (Wildman–Crippen MR) is 96.5 cm³/mol. The van der Waals surface area contributed by atoms with E-state index in [0.29, 0.717) is 5.69 Å². The first-order chi connectivity index (χ1) is 13.1. The summed E-state index contributed by atoms with van der Waals surface area (Å²) in [4.78, 5) is 27.4. The SMILES string of the molecule is [C-]#[N+]C1CN(c2ccc(C(F)F)cn2)C(=O)N1c1cncc2ccccc12. The Bertz CT molecular complexity index is 1040. The lowest BCUT2D eigenvalue weighted by molar-refractivity contribution is 0.151. The smallest absolute Gasteiger partial charge is 0.287 e. The molecule has 1 fully saturated rings. The van der Waals surface area contributed by atoms with E-state index in [1.807, 2.05) is 24.3 Å². The summed E-state index contributed by atoms with van der Waals surface area (Å²) in [5.74, 6) is 0.230. The van der Waals surface area contributed by atoms with Crippen LogP contribution in [-0.4, -0.2) is 28.7 Å². The van der Waals surface area contributed by atoms with E-state index >= 15 is 0 Å². The minimum absolute atomic E-state index is 0.0899. The molecular weight excluding hydrogens is 352 g/mol. The number of carbonyl (C=O) groups excluding carboxylic acids is 1. The molecule has 134 valence electrons. The van der Waals surface area contributed by atoms with Gasteiger partial charge in [0.2, 0.25) is 0 Å². The molecule has 3 aromatic rings. The first kappa shape index (κ1) is 16.8. The molecule has 1 aromatic carbocycles. The molecule has 0 bridgehead atoms. The van der Waals surface area contributed by atoms with Crippen LogP contribution >= 0.6 is 0 Å². The molecule has 2 amide bonds. The number of urea groups is 1. The number of hydrogen-bond acceptors (Lipinski definition) is 3. The van der Waals surface area contributed by atoms with Gasteiger partial charge >= 0.3 is 12.2 Å². The summed E-state index contributed by atoms with van der Waals surface area (Å²) < 4.78 is 25.5. The number of aromatic nitrogens is 2. The number of halogens is 2. The second kappa shape index (κ2) is 6.61. The van der Waals surface area contributed by atoms with Crippen LogP contribution in [0.2, 0.25) is 0 Å². The maximum atomic E-state index is 13.0. The van der Waals surface area contributed by atoms with Gasteiger partial charge in [0.1, 0.15) is 12.4 Å². The van der Waals surface area contributed by atoms with Crippen LogP contribution < -0.4 is 9.80 Å². The molecule has 1 atom stereocenters. The second-order valence-electron chi connectivity index (χ2n) is 6.00. The highest BCUT2D eigenvalue weighted by Crippen LogP contribution is 2.33. The fourth-order valence-corrected chi connectivity index (χ4v) is 3.11. The van der Waals surface area contributed by atoms with Crippen LogP contribution in [0.1, 0.15) is 12.0 Å². The number of alkyl halides is 2. The molecule has 1 aliphatic rings. The Morgan fingerprint density at radius 1 is 1.15 bits per heavy atom. The maximum absolute atomic E-state index is 13.0. The highest BCUT2D eigenvalue weighted by Gasteiger charge is 2.44. The number of benzene rings is 1. The fraction of sp³-hybridized carbons (Fsp3) is 0.158. The number of fused-ring (bicyclic) bond motifs is 1. The molecule has 1 aliphatic heterocycles. The minimum Gasteiger partial charge on any atom is -0.287 e. The monoisotopic (exact) mass is 365 g/mol. The van der Waals surface area contributed by atoms with Crippen molar-refractivity contribution >= 4 is 28.3 Å². The third-order valence-corrected chi connectivity index (χ3v) is 4.44. The van der Waals surface area contributed by atoms with E-state index in [1.54, 1.807) is 12.4 Å². The van der Waals surface area contributed by atoms with Gasteiger partial charge in [-0.05, 0) is 12.1 Å². The van der Waals surface area contributed by atoms with Crippen molar-refractivity contribution < 1.29 is 13.6 Å². The van der Waals surface area contributed by atoms with Crippen LogP contribution in [0, 0.1) is 6.57 Å². The average molecular weight is 365 g/mol. The Kier molecular flexibility index (Phi) is 4.12. The first-order valence-electron chi connectivity index (χ1n) is 8.14. The van der Waals surface area contributed by atoms with E-state index in [9.17, 15) is 13.6 Å². The van der Waals surface area contributed by atoms with Crippen LogP contribution in [0.25, 0.3) is 15.6 Å². The molecule has 1 unspecified atom stereocenters. The molecule has 1 saturated heterocycles. The van der Waals surface area contributed by atoms with Crippen molar-refractivity contribution in [3.8, 4) is 0 Å². The Morgan fingerprint density at radius 3 is 2.67 bits per heavy atom. The normalized spacial score (nSPS) is 17.0. The summed E-state index contributed by atoms with van der Waals surface area (Å²) in [7, 11) is 0. The molecule has 2 aromatic heterocycles. The zero-order valence-electron chi connectivity index (χ0n) is 14.0. The number of amides is 2. The van der Waals surface area contributed by atoms with E-state index in [4.69, 9.17) is 6.57 Å². The minimum atomic E-state index is -2.63. The third kappa shape index (κ3) is 2.83. The summed E-state index contributed by atoms with van der Waals surface area (Å²) in [6, 6.07) is 9.61. The number of anilines is 2. The van der Waals surface area contributed by atoms with Gasteiger partial charge in [-0.25, -0.2) is 30.0 Å². The summed E-state index contributed by atoms with van der Waals surface area (Å²) in [6.07, 6.45) is 0.892. The molecule has 4 rings (SSSR count). The lowest BCUT2D eigenvalue weighted by Gasteiger charge is -2.18. The van der Waals surface area contributed by atoms with Crippen molar-refractivity contribution in [1.82, 2.24) is 9.97 Å². The molecule has 8 heteroatoms. The fourth-order valence-electron chi connectivity index (χ4n) is 3.11. The Balaban J connectivity index is 1.74. The van der Waals surface area contributed by atoms with E-state index < -0.39 is 18.6 Å². The van der Waals surface area contributed by atoms with Gasteiger partial charge in [0, 0.05) is 28.7 Å². The summed E-state index contributed by atoms with van der Waals surface area (Å²) >= 11 is 0. The van der Waals surface area contributed by atoms with Gasteiger partial charge in [-0.3, -0.25) is 14.7 Å². The Hall–Kier alpha value is -3.60. The second-order valence-corrected chi connectivity index (χ2v) is 6.00. The molecule has 27 heavy (non-hydrogen) atoms. The third-order valence-electron chi connectivity index (χ3n) is 4.44. The highest BCUT2D eigenvalue weighted by atomic mass is 19.3. The van der Waals surface area contributed by atoms with Crippen LogP contribution in [0.4, 0.5) is 25.1 Å². The van der Waals surface area contributed by atoms with Crippen molar-refractivity contribution in [2.45, 2.75) is 12.6 Å². The van der Waals surface area contributed by atoms with Gasteiger partial charge in [0.25, 0.3) is 6.43 Å². The van der Waals surface area contributed by atoms with Gasteiger partial charge in [-0.2, -0.15) is 0 Å². The largest absolute Gasteiger partial charge is 0.336 e. The van der Waals surface area contributed by atoms with Gasteiger partial charge in [-0.1, -0.05) is 24.3 Å². The van der Waals surface area contributed by atoms with Gasteiger partial charge in [-0.15, -0.1) is 0 Å². The Morgan fingerprint density at radius 2 is 1.96 bits per heavy atom. The number of rotatable bonds is 3. The van der Waals surface area contributed by atoms with Crippen molar-refractivity contribution in [1.29, 1.82) is 0 Å². The van der Waals surface area contributed by atoms with E-state index in [2.05, 4.69) is 14.8 Å². The van der Waals surface area contributed by atoms with E-state index in [1.165, 1.54) is 21.9 Å². The Labute approximate surface area is 153 Å². The lowest BCUT2D eigenvalue weighted by atomic mass is 10.1. The molecule has 0 radical (unpaired) electrons. The zero-order valence-corrected chi connectivity index (χ0v) is 14.0. The predicted octanol–water partition coefficient (Wildman–Crippen LogP) is 4.26. The quantitative estimate of drug-likeness (QED) is 0.652. The van der Waals surface area contributed by atoms with E-state index in [-0.39, 0.29) is 17.9 Å². The van der Waals surface area contributed by atoms with Crippen molar-refractivity contribution in [3.05, 3.63) is 72.0 Å². The van der Waals surface area contributed by atoms with Crippen LogP contribution in [0.3, 0.4) is 0 Å². The molecule has 0 aliphatic carbocycles. The first-order valence-corrected chi connectivity index (χ1v) is 8.14. The van der Waals surface area contributed by atoms with Crippen molar-refractivity contribution in [2.24, 2.45) is 0 Å². The summed E-state index contributed by atoms with van der Waals surface area (Å²) in [5.41, 5.74) is 0.313. The van der Waals surface area contributed by atoms with Crippen LogP contribution in [0.5, 0.6) is 0 Å². The number of pyridine rings is 2. The standard InChI is InChI=1S/C19H13F2N5O/c1-22-17-11-25(16-7-6-13(9-24-16)18(20)21)19(27)26(17)15-10-23-8-12-4-2-3-5-14(12)15/h2-10,17-18H,11H2. The molecule has 6 nitrogen and oxygen atoms in total. The van der Waals surface area contributed by atoms with Gasteiger partial charge in [0.15, 0.2) is 0 Å². The van der Waals surface area contributed by atoms with Gasteiger partial charge < -0.3 is 0 Å². The van der Waals surface area contributed by atoms with Crippen molar-refractivity contribution in [3.63, 3.8) is 0 Å². The summed E-state index contributed by atoms with van der Waals surface area (Å²) in [6.45, 7) is 7.57. The summed E-state index contributed by atoms with van der Waals surface area (Å²) in [5, 5.41) is 1.65.